The molecule has 0 radical (unpaired) electrons. The summed E-state index contributed by atoms with van der Waals surface area (Å²) in [6, 6.07) is 6.58. The normalized spacial score (nSPS) is 15.9. The van der Waals surface area contributed by atoms with E-state index in [2.05, 4.69) is 20.2 Å². The number of anilines is 2. The van der Waals surface area contributed by atoms with Crippen LogP contribution in [0.1, 0.15) is 29.9 Å². The van der Waals surface area contributed by atoms with Crippen LogP contribution in [0.3, 0.4) is 0 Å². The fourth-order valence-electron chi connectivity index (χ4n) is 4.53. The number of halogens is 3. The molecule has 1 saturated heterocycles. The number of aryl methyl sites for hydroxylation is 1. The van der Waals surface area contributed by atoms with Gasteiger partial charge in [-0.1, -0.05) is 0 Å². The number of hydrogen-bond acceptors (Lipinski definition) is 8. The lowest BCUT2D eigenvalue weighted by molar-refractivity contribution is -0.140. The van der Waals surface area contributed by atoms with Crippen molar-refractivity contribution in [2.45, 2.75) is 26.1 Å². The summed E-state index contributed by atoms with van der Waals surface area (Å²) in [5.41, 5.74) is 5.89. The monoisotopic (exact) mass is 519 g/mol. The van der Waals surface area contributed by atoms with E-state index >= 15 is 0 Å². The van der Waals surface area contributed by atoms with Crippen molar-refractivity contribution in [3.63, 3.8) is 0 Å². The minimum atomic E-state index is -4.50. The van der Waals surface area contributed by atoms with Crippen LogP contribution < -0.4 is 20.5 Å². The first kappa shape index (κ1) is 26.7. The number of ether oxygens (including phenoxy) is 3. The van der Waals surface area contributed by atoms with E-state index in [0.29, 0.717) is 59.4 Å². The van der Waals surface area contributed by atoms with Crippen LogP contribution in [0.5, 0.6) is 11.5 Å². The zero-order chi connectivity index (χ0) is 27.0. The number of hydrogen-bond donors (Lipinski definition) is 2. The molecule has 3 aromatic rings. The highest BCUT2D eigenvalue weighted by atomic mass is 19.4. The smallest absolute Gasteiger partial charge is 0.416 e. The maximum atomic E-state index is 13.3. The molecule has 0 bridgehead atoms. The lowest BCUT2D eigenvalue weighted by Crippen LogP contribution is -2.53. The van der Waals surface area contributed by atoms with Crippen molar-refractivity contribution in [3.05, 3.63) is 47.3 Å². The van der Waals surface area contributed by atoms with Crippen LogP contribution in [0.15, 0.2) is 30.3 Å². The van der Waals surface area contributed by atoms with Gasteiger partial charge in [-0.25, -0.2) is 9.97 Å². The van der Waals surface area contributed by atoms with E-state index in [1.54, 1.807) is 33.1 Å². The van der Waals surface area contributed by atoms with Crippen LogP contribution in [0, 0.1) is 12.3 Å². The van der Waals surface area contributed by atoms with E-state index in [0.717, 1.165) is 18.7 Å². The number of alkyl halides is 3. The summed E-state index contributed by atoms with van der Waals surface area (Å²) < 4.78 is 57.3. The van der Waals surface area contributed by atoms with Crippen LogP contribution in [0.25, 0.3) is 10.9 Å². The van der Waals surface area contributed by atoms with Crippen molar-refractivity contribution in [1.82, 2.24) is 14.9 Å². The molecule has 0 amide bonds. The number of fused-ring (bicyclic) bond motifs is 1. The number of methoxy groups -OCH3 is 1. The topological polar surface area (TPSA) is 94.8 Å². The number of nitrogens with one attached hydrogen (secondary N) is 1. The van der Waals surface area contributed by atoms with E-state index in [4.69, 9.17) is 19.9 Å². The molecule has 0 spiro atoms. The van der Waals surface area contributed by atoms with Crippen LogP contribution in [-0.4, -0.2) is 62.4 Å². The third-order valence-electron chi connectivity index (χ3n) is 6.25. The molecular weight excluding hydrogens is 487 g/mol. The molecule has 0 aliphatic carbocycles. The average Bonchev–Trinajstić information content (AvgIpc) is 2.79. The maximum Gasteiger partial charge on any atom is 0.416 e. The fourth-order valence-corrected chi connectivity index (χ4v) is 4.53. The van der Waals surface area contributed by atoms with E-state index < -0.39 is 17.8 Å². The summed E-state index contributed by atoms with van der Waals surface area (Å²) >= 11 is 0. The molecule has 1 fully saturated rings. The summed E-state index contributed by atoms with van der Waals surface area (Å²) in [4.78, 5) is 11.2. The van der Waals surface area contributed by atoms with Crippen LogP contribution in [0.4, 0.5) is 24.7 Å². The Morgan fingerprint density at radius 3 is 2.46 bits per heavy atom. The third-order valence-corrected chi connectivity index (χ3v) is 6.25. The molecular formula is C26H32F3N5O3. The molecule has 8 nitrogen and oxygen atoms in total. The maximum absolute atomic E-state index is 13.3. The highest BCUT2D eigenvalue weighted by Crippen LogP contribution is 2.38. The van der Waals surface area contributed by atoms with Gasteiger partial charge in [-0.3, -0.25) is 0 Å². The van der Waals surface area contributed by atoms with E-state index in [9.17, 15) is 13.2 Å². The first-order chi connectivity index (χ1) is 17.4. The second kappa shape index (κ2) is 10.2. The number of nitrogens with two attached hydrogens (primary N) is 1. The van der Waals surface area contributed by atoms with Gasteiger partial charge >= 0.3 is 6.18 Å². The van der Waals surface area contributed by atoms with Crippen molar-refractivity contribution in [1.29, 1.82) is 0 Å². The molecule has 1 aliphatic rings. The quantitative estimate of drug-likeness (QED) is 0.394. The number of rotatable bonds is 9. The van der Waals surface area contributed by atoms with Gasteiger partial charge in [-0.15, -0.1) is 0 Å². The minimum absolute atomic E-state index is 0.0363. The second-order valence-corrected chi connectivity index (χ2v) is 9.91. The summed E-state index contributed by atoms with van der Waals surface area (Å²) in [7, 11) is 5.57. The number of nitrogen functional groups attached to an aromatic ring is 1. The zero-order valence-electron chi connectivity index (χ0n) is 21.6. The highest BCUT2D eigenvalue weighted by molar-refractivity contribution is 5.92. The molecule has 0 saturated carbocycles. The standard InChI is InChI=1S/C26H32F3N5O3/c1-15(17-6-18(26(27,28)29)8-19(30)7-17)31-24-20-9-23(22(35-5)10-21(20)32-16(2)33-24)37-14-25(11-34(3)4)12-36-13-25/h6-10,15H,11-14,30H2,1-5H3,(H,31,32,33)/t15-/m1/s1. The Morgan fingerprint density at radius 2 is 1.86 bits per heavy atom. The highest BCUT2D eigenvalue weighted by Gasteiger charge is 2.40. The van der Waals surface area contributed by atoms with Gasteiger partial charge in [0.1, 0.15) is 11.6 Å². The average molecular weight is 520 g/mol. The van der Waals surface area contributed by atoms with E-state index in [1.165, 1.54) is 6.07 Å². The van der Waals surface area contributed by atoms with Gasteiger partial charge < -0.3 is 30.2 Å². The van der Waals surface area contributed by atoms with Crippen molar-refractivity contribution < 1.29 is 27.4 Å². The van der Waals surface area contributed by atoms with E-state index in [-0.39, 0.29) is 11.1 Å². The molecule has 2 aromatic carbocycles. The van der Waals surface area contributed by atoms with Crippen molar-refractivity contribution >= 4 is 22.4 Å². The minimum Gasteiger partial charge on any atom is -0.493 e. The third kappa shape index (κ3) is 5.99. The molecule has 37 heavy (non-hydrogen) atoms. The van der Waals surface area contributed by atoms with Gasteiger partial charge in [0.05, 0.1) is 49.5 Å². The lowest BCUT2D eigenvalue weighted by atomic mass is 9.86. The first-order valence-electron chi connectivity index (χ1n) is 11.8. The first-order valence-corrected chi connectivity index (χ1v) is 11.8. The largest absolute Gasteiger partial charge is 0.493 e. The Morgan fingerprint density at radius 1 is 1.14 bits per heavy atom. The molecule has 4 rings (SSSR count). The molecule has 2 heterocycles. The lowest BCUT2D eigenvalue weighted by Gasteiger charge is -2.42. The molecule has 1 aromatic heterocycles. The summed E-state index contributed by atoms with van der Waals surface area (Å²) in [5.74, 6) is 2.01. The Hall–Kier alpha value is -3.31. The zero-order valence-corrected chi connectivity index (χ0v) is 21.6. The van der Waals surface area contributed by atoms with Gasteiger partial charge in [0.15, 0.2) is 11.5 Å². The van der Waals surface area contributed by atoms with Gasteiger partial charge in [0, 0.05) is 23.7 Å². The number of benzene rings is 2. The predicted octanol–water partition coefficient (Wildman–Crippen LogP) is 4.68. The fraction of sp³-hybridized carbons (Fsp3) is 0.462. The molecule has 3 N–H and O–H groups in total. The number of aromatic nitrogens is 2. The molecule has 11 heteroatoms. The summed E-state index contributed by atoms with van der Waals surface area (Å²) in [6.07, 6.45) is -4.50. The molecule has 0 unspecified atom stereocenters. The Bertz CT molecular complexity index is 1280. The van der Waals surface area contributed by atoms with Gasteiger partial charge in [0.2, 0.25) is 0 Å². The number of nitrogens with zero attached hydrogens (tertiary/aromatic N) is 3. The van der Waals surface area contributed by atoms with Crippen molar-refractivity contribution in [2.75, 3.05) is 58.6 Å². The van der Waals surface area contributed by atoms with Gasteiger partial charge in [-0.05, 0) is 57.8 Å². The van der Waals surface area contributed by atoms with Crippen LogP contribution in [0.2, 0.25) is 0 Å². The second-order valence-electron chi connectivity index (χ2n) is 9.91. The van der Waals surface area contributed by atoms with Crippen LogP contribution >= 0.6 is 0 Å². The molecule has 1 aliphatic heterocycles. The van der Waals surface area contributed by atoms with Crippen LogP contribution in [-0.2, 0) is 10.9 Å². The summed E-state index contributed by atoms with van der Waals surface area (Å²) in [6.45, 7) is 5.95. The van der Waals surface area contributed by atoms with Crippen molar-refractivity contribution in [3.8, 4) is 11.5 Å². The summed E-state index contributed by atoms with van der Waals surface area (Å²) in [5, 5.41) is 3.89. The Kier molecular flexibility index (Phi) is 7.38. The Labute approximate surface area is 213 Å². The molecule has 200 valence electrons. The van der Waals surface area contributed by atoms with Gasteiger partial charge in [0.25, 0.3) is 0 Å². The predicted molar refractivity (Wildman–Crippen MR) is 136 cm³/mol. The SMILES string of the molecule is COc1cc2nc(C)nc(N[C@H](C)c3cc(N)cc(C(F)(F)F)c3)c2cc1OCC1(CN(C)C)COC1. The van der Waals surface area contributed by atoms with Crippen molar-refractivity contribution in [2.24, 2.45) is 5.41 Å². The van der Waals surface area contributed by atoms with Gasteiger partial charge in [-0.2, -0.15) is 13.2 Å². The Balaban J connectivity index is 1.67. The van der Waals surface area contributed by atoms with E-state index in [1.807, 2.05) is 14.1 Å². The molecule has 1 atom stereocenters.